The van der Waals surface area contributed by atoms with Crippen LogP contribution in [-0.2, 0) is 4.79 Å². The van der Waals surface area contributed by atoms with E-state index in [4.69, 9.17) is 11.2 Å². The summed E-state index contributed by atoms with van der Waals surface area (Å²) in [5, 5.41) is 0.0389. The predicted octanol–water partition coefficient (Wildman–Crippen LogP) is 4.07. The van der Waals surface area contributed by atoms with Crippen molar-refractivity contribution in [3.8, 4) is 35.0 Å². The Kier molecular flexibility index (Phi) is 5.09. The third-order valence-electron chi connectivity index (χ3n) is 4.98. The predicted molar refractivity (Wildman–Crippen MR) is 106 cm³/mol. The molecule has 2 aliphatic rings. The highest BCUT2D eigenvalue weighted by molar-refractivity contribution is 7.28. The molecule has 2 aromatic carbocycles. The number of halogens is 5. The smallest absolute Gasteiger partial charge is 0.483 e. The molecule has 1 aliphatic carbocycles. The number of hydrogen-bond donors (Lipinski definition) is 0. The number of carbonyl (C=O) groups is 1. The maximum absolute atomic E-state index is 15.2. The van der Waals surface area contributed by atoms with Crippen LogP contribution in [-0.4, -0.2) is 24.7 Å². The second-order valence-electron chi connectivity index (χ2n) is 7.21. The summed E-state index contributed by atoms with van der Waals surface area (Å²) in [7, 11) is 2.13. The lowest BCUT2D eigenvalue weighted by Crippen LogP contribution is -2.51. The minimum atomic E-state index is -4.16. The molecule has 4 nitrogen and oxygen atoms in total. The second-order valence-corrected chi connectivity index (χ2v) is 7.83. The van der Waals surface area contributed by atoms with Crippen molar-refractivity contribution in [2.75, 3.05) is 11.4 Å². The van der Waals surface area contributed by atoms with E-state index >= 15 is 4.39 Å². The summed E-state index contributed by atoms with van der Waals surface area (Å²) >= 11 is 0. The molecule has 0 aromatic heterocycles. The van der Waals surface area contributed by atoms with Gasteiger partial charge in [0.25, 0.3) is 0 Å². The Morgan fingerprint density at radius 3 is 2.55 bits per heavy atom. The SMILES string of the molecule is C#CCN1C(=O)C(F)(F)Oc2cc(P)c(-c3c(F)c(C)c(OC4CC4)c(F)c3F)cc21. The van der Waals surface area contributed by atoms with Crippen LogP contribution in [0, 0.1) is 36.7 Å². The van der Waals surface area contributed by atoms with E-state index in [0.717, 1.165) is 12.1 Å². The van der Waals surface area contributed by atoms with Gasteiger partial charge in [-0.15, -0.1) is 15.7 Å². The van der Waals surface area contributed by atoms with Gasteiger partial charge >= 0.3 is 12.0 Å². The van der Waals surface area contributed by atoms with Gasteiger partial charge < -0.3 is 9.47 Å². The molecule has 0 N–H and O–H groups in total. The van der Waals surface area contributed by atoms with Gasteiger partial charge in [0.05, 0.1) is 23.9 Å². The molecule has 31 heavy (non-hydrogen) atoms. The summed E-state index contributed by atoms with van der Waals surface area (Å²) in [6, 6.07) is 2.11. The molecule has 0 spiro atoms. The van der Waals surface area contributed by atoms with Gasteiger partial charge in [0, 0.05) is 5.56 Å². The third kappa shape index (κ3) is 3.49. The summed E-state index contributed by atoms with van der Waals surface area (Å²) in [6.45, 7) is 0.713. The number of fused-ring (bicyclic) bond motifs is 1. The van der Waals surface area contributed by atoms with E-state index in [0.29, 0.717) is 17.7 Å². The fourth-order valence-electron chi connectivity index (χ4n) is 3.28. The van der Waals surface area contributed by atoms with Gasteiger partial charge in [0.15, 0.2) is 17.3 Å². The Labute approximate surface area is 176 Å². The zero-order valence-electron chi connectivity index (χ0n) is 16.1. The number of carbonyl (C=O) groups excluding carboxylic acids is 1. The molecular weight excluding hydrogens is 440 g/mol. The molecule has 2 aromatic rings. The van der Waals surface area contributed by atoms with Crippen molar-refractivity contribution in [3.63, 3.8) is 0 Å². The Balaban J connectivity index is 1.91. The van der Waals surface area contributed by atoms with Crippen LogP contribution in [0.25, 0.3) is 11.1 Å². The summed E-state index contributed by atoms with van der Waals surface area (Å²) in [5.74, 6) is -4.50. The quantitative estimate of drug-likeness (QED) is 0.302. The molecule has 10 heteroatoms. The van der Waals surface area contributed by atoms with Gasteiger partial charge in [0.1, 0.15) is 5.82 Å². The first-order valence-electron chi connectivity index (χ1n) is 9.16. The molecule has 1 amide bonds. The summed E-state index contributed by atoms with van der Waals surface area (Å²) in [4.78, 5) is 12.6. The van der Waals surface area contributed by atoms with E-state index in [2.05, 4.69) is 19.9 Å². The Morgan fingerprint density at radius 2 is 1.94 bits per heavy atom. The lowest BCUT2D eigenvalue weighted by atomic mass is 9.98. The number of hydrogen-bond acceptors (Lipinski definition) is 3. The molecule has 1 unspecified atom stereocenters. The monoisotopic (exact) mass is 455 g/mol. The van der Waals surface area contributed by atoms with Crippen molar-refractivity contribution in [2.24, 2.45) is 0 Å². The Hall–Kier alpha value is -2.85. The summed E-state index contributed by atoms with van der Waals surface area (Å²) in [6.07, 6.45) is 2.05. The first-order valence-corrected chi connectivity index (χ1v) is 9.74. The van der Waals surface area contributed by atoms with Gasteiger partial charge in [-0.3, -0.25) is 9.69 Å². The largest absolute Gasteiger partial charge is 0.487 e. The van der Waals surface area contributed by atoms with E-state index in [1.807, 2.05) is 0 Å². The molecule has 1 atom stereocenters. The second kappa shape index (κ2) is 7.38. The molecule has 4 rings (SSSR count). The first-order chi connectivity index (χ1) is 14.6. The molecule has 1 heterocycles. The highest BCUT2D eigenvalue weighted by Crippen LogP contribution is 2.44. The number of rotatable bonds is 4. The average Bonchev–Trinajstić information content (AvgIpc) is 3.52. The number of terminal acetylenes is 1. The number of nitrogens with zero attached hydrogens (tertiary/aromatic N) is 1. The van der Waals surface area contributed by atoms with Gasteiger partial charge in [-0.25, -0.2) is 8.78 Å². The van der Waals surface area contributed by atoms with Crippen molar-refractivity contribution in [2.45, 2.75) is 32.0 Å². The van der Waals surface area contributed by atoms with Crippen LogP contribution in [0.3, 0.4) is 0 Å². The maximum atomic E-state index is 15.2. The normalized spacial score (nSPS) is 17.1. The van der Waals surface area contributed by atoms with Crippen LogP contribution in [0.4, 0.5) is 27.6 Å². The lowest BCUT2D eigenvalue weighted by molar-refractivity contribution is -0.192. The maximum Gasteiger partial charge on any atom is 0.483 e. The van der Waals surface area contributed by atoms with Crippen molar-refractivity contribution in [3.05, 3.63) is 35.1 Å². The number of alkyl halides is 2. The third-order valence-corrected chi connectivity index (χ3v) is 5.46. The van der Waals surface area contributed by atoms with Crippen molar-refractivity contribution in [1.29, 1.82) is 0 Å². The first kappa shape index (κ1) is 21.4. The van der Waals surface area contributed by atoms with E-state index in [9.17, 15) is 22.4 Å². The van der Waals surface area contributed by atoms with E-state index in [1.54, 1.807) is 0 Å². The zero-order valence-corrected chi connectivity index (χ0v) is 17.2. The standard InChI is InChI=1S/C21H15F5NO3P/c1-3-6-27-12-7-11(14(31)8-13(12)30-21(25,26)20(27)28)15-16(22)9(2)19(18(24)17(15)23)29-10-4-5-10/h1,7-8,10H,4-6,31H2,2H3. The number of amides is 1. The minimum absolute atomic E-state index is 0.0389. The van der Waals surface area contributed by atoms with Crippen LogP contribution in [0.5, 0.6) is 11.5 Å². The topological polar surface area (TPSA) is 38.8 Å². The van der Waals surface area contributed by atoms with Gasteiger partial charge in [0.2, 0.25) is 5.82 Å². The van der Waals surface area contributed by atoms with Crippen LogP contribution < -0.4 is 19.7 Å². The zero-order chi connectivity index (χ0) is 22.7. The lowest BCUT2D eigenvalue weighted by Gasteiger charge is -2.33. The number of benzene rings is 2. The highest BCUT2D eigenvalue weighted by Gasteiger charge is 2.50. The van der Waals surface area contributed by atoms with Crippen LogP contribution in [0.1, 0.15) is 18.4 Å². The number of ether oxygens (including phenoxy) is 2. The highest BCUT2D eigenvalue weighted by atomic mass is 31.0. The van der Waals surface area contributed by atoms with Gasteiger partial charge in [-0.1, -0.05) is 5.92 Å². The molecule has 0 saturated heterocycles. The van der Waals surface area contributed by atoms with Crippen LogP contribution >= 0.6 is 9.24 Å². The summed E-state index contributed by atoms with van der Waals surface area (Å²) in [5.41, 5.74) is -1.36. The average molecular weight is 455 g/mol. The van der Waals surface area contributed by atoms with Crippen LogP contribution in [0.15, 0.2) is 12.1 Å². The molecule has 0 bridgehead atoms. The minimum Gasteiger partial charge on any atom is -0.487 e. The fraction of sp³-hybridized carbons (Fsp3) is 0.286. The molecule has 1 saturated carbocycles. The van der Waals surface area contributed by atoms with Crippen molar-refractivity contribution >= 4 is 26.1 Å². The van der Waals surface area contributed by atoms with E-state index in [1.165, 1.54) is 6.92 Å². The fourth-order valence-corrected chi connectivity index (χ4v) is 3.66. The van der Waals surface area contributed by atoms with Crippen molar-refractivity contribution < 1.29 is 36.2 Å². The summed E-state index contributed by atoms with van der Waals surface area (Å²) < 4.78 is 82.4. The number of anilines is 1. The molecule has 162 valence electrons. The van der Waals surface area contributed by atoms with E-state index < -0.39 is 53.1 Å². The molecule has 1 fully saturated rings. The van der Waals surface area contributed by atoms with Crippen molar-refractivity contribution in [1.82, 2.24) is 0 Å². The van der Waals surface area contributed by atoms with E-state index in [-0.39, 0.29) is 28.2 Å². The van der Waals surface area contributed by atoms with Gasteiger partial charge in [-0.2, -0.15) is 13.2 Å². The molecule has 1 aliphatic heterocycles. The van der Waals surface area contributed by atoms with Gasteiger partial charge in [-0.05, 0) is 42.8 Å². The molecule has 0 radical (unpaired) electrons. The Bertz CT molecular complexity index is 1130. The van der Waals surface area contributed by atoms with Crippen LogP contribution in [0.2, 0.25) is 0 Å². The molecular formula is C21H15F5NO3P. The Morgan fingerprint density at radius 1 is 1.26 bits per heavy atom.